The number of imidazole rings is 1. The van der Waals surface area contributed by atoms with Gasteiger partial charge in [0, 0.05) is 38.8 Å². The molecule has 0 saturated carbocycles. The Morgan fingerprint density at radius 3 is 2.77 bits per heavy atom. The van der Waals surface area contributed by atoms with Gasteiger partial charge in [0.1, 0.15) is 5.82 Å². The molecule has 0 spiro atoms. The van der Waals surface area contributed by atoms with Gasteiger partial charge in [0.15, 0.2) is 0 Å². The van der Waals surface area contributed by atoms with Gasteiger partial charge in [-0.2, -0.15) is 0 Å². The lowest BCUT2D eigenvalue weighted by Crippen LogP contribution is -2.27. The fourth-order valence-corrected chi connectivity index (χ4v) is 3.53. The fraction of sp³-hybridized carbons (Fsp3) is 0.222. The number of fused-ring (bicyclic) bond motifs is 1. The third kappa shape index (κ3) is 3.61. The SMILES string of the molecule is CN(C)S(=O)(=O)c1cccc(C(=O)NCCc2ncc3ccccn23)c1. The van der Waals surface area contributed by atoms with Gasteiger partial charge < -0.3 is 9.72 Å². The second kappa shape index (κ2) is 7.27. The third-order valence-corrected chi connectivity index (χ3v) is 5.84. The maximum Gasteiger partial charge on any atom is 0.251 e. The summed E-state index contributed by atoms with van der Waals surface area (Å²) < 4.78 is 27.5. The summed E-state index contributed by atoms with van der Waals surface area (Å²) in [5, 5.41) is 2.81. The normalized spacial score (nSPS) is 11.8. The lowest BCUT2D eigenvalue weighted by molar-refractivity contribution is 0.0953. The van der Waals surface area contributed by atoms with Crippen LogP contribution in [0.2, 0.25) is 0 Å². The molecule has 136 valence electrons. The number of amides is 1. The molecule has 0 radical (unpaired) electrons. The van der Waals surface area contributed by atoms with Crippen LogP contribution >= 0.6 is 0 Å². The predicted molar refractivity (Wildman–Crippen MR) is 98.5 cm³/mol. The van der Waals surface area contributed by atoms with Crippen LogP contribution in [0.1, 0.15) is 16.2 Å². The molecule has 8 heteroatoms. The number of aromatic nitrogens is 2. The lowest BCUT2D eigenvalue weighted by Gasteiger charge is -2.12. The minimum Gasteiger partial charge on any atom is -0.352 e. The van der Waals surface area contributed by atoms with Gasteiger partial charge >= 0.3 is 0 Å². The quantitative estimate of drug-likeness (QED) is 0.712. The summed E-state index contributed by atoms with van der Waals surface area (Å²) in [6, 6.07) is 11.8. The zero-order valence-electron chi connectivity index (χ0n) is 14.6. The maximum absolute atomic E-state index is 12.3. The van der Waals surface area contributed by atoms with E-state index in [0.717, 1.165) is 15.6 Å². The van der Waals surface area contributed by atoms with Crippen LogP contribution < -0.4 is 5.32 Å². The Morgan fingerprint density at radius 1 is 1.19 bits per heavy atom. The summed E-state index contributed by atoms with van der Waals surface area (Å²) in [6.45, 7) is 0.400. The standard InChI is InChI=1S/C18H20N4O3S/c1-21(2)26(24,25)16-8-5-6-14(12-16)18(23)19-10-9-17-20-13-15-7-3-4-11-22(15)17/h3-8,11-13H,9-10H2,1-2H3,(H,19,23). The number of hydrogen-bond acceptors (Lipinski definition) is 4. The number of rotatable bonds is 6. The van der Waals surface area contributed by atoms with Crippen LogP contribution in [0.4, 0.5) is 0 Å². The van der Waals surface area contributed by atoms with Crippen molar-refractivity contribution in [1.82, 2.24) is 19.0 Å². The first-order valence-corrected chi connectivity index (χ1v) is 9.55. The van der Waals surface area contributed by atoms with Crippen LogP contribution in [0.5, 0.6) is 0 Å². The monoisotopic (exact) mass is 372 g/mol. The summed E-state index contributed by atoms with van der Waals surface area (Å²) in [4.78, 5) is 16.8. The smallest absolute Gasteiger partial charge is 0.251 e. The average Bonchev–Trinajstić information content (AvgIpc) is 3.05. The Balaban J connectivity index is 1.67. The number of nitrogens with one attached hydrogen (secondary N) is 1. The minimum atomic E-state index is -3.57. The van der Waals surface area contributed by atoms with E-state index in [1.165, 1.54) is 26.2 Å². The van der Waals surface area contributed by atoms with Crippen LogP contribution in [-0.2, 0) is 16.4 Å². The van der Waals surface area contributed by atoms with Gasteiger partial charge in [-0.25, -0.2) is 17.7 Å². The number of carbonyl (C=O) groups excluding carboxylic acids is 1. The molecular weight excluding hydrogens is 352 g/mol. The summed E-state index contributed by atoms with van der Waals surface area (Å²) in [7, 11) is -0.663. The van der Waals surface area contributed by atoms with Crippen LogP contribution in [0.15, 0.2) is 59.8 Å². The maximum atomic E-state index is 12.3. The number of hydrogen-bond donors (Lipinski definition) is 1. The zero-order valence-corrected chi connectivity index (χ0v) is 15.4. The Labute approximate surface area is 152 Å². The molecule has 0 bridgehead atoms. The highest BCUT2D eigenvalue weighted by molar-refractivity contribution is 7.89. The largest absolute Gasteiger partial charge is 0.352 e. The number of pyridine rings is 1. The van der Waals surface area contributed by atoms with Crippen LogP contribution in [0, 0.1) is 0 Å². The van der Waals surface area contributed by atoms with Crippen molar-refractivity contribution in [3.8, 4) is 0 Å². The highest BCUT2D eigenvalue weighted by atomic mass is 32.2. The molecule has 0 saturated heterocycles. The molecule has 0 aliphatic rings. The molecule has 3 aromatic rings. The average molecular weight is 372 g/mol. The molecule has 1 amide bonds. The van der Waals surface area contributed by atoms with Crippen molar-refractivity contribution in [2.24, 2.45) is 0 Å². The van der Waals surface area contributed by atoms with Gasteiger partial charge in [-0.1, -0.05) is 12.1 Å². The molecular formula is C18H20N4O3S. The number of carbonyl (C=O) groups is 1. The summed E-state index contributed by atoms with van der Waals surface area (Å²) in [5.74, 6) is 0.534. The Morgan fingerprint density at radius 2 is 2.00 bits per heavy atom. The zero-order chi connectivity index (χ0) is 18.7. The van der Waals surface area contributed by atoms with E-state index in [2.05, 4.69) is 10.3 Å². The van der Waals surface area contributed by atoms with Gasteiger partial charge in [-0.15, -0.1) is 0 Å². The van der Waals surface area contributed by atoms with Crippen LogP contribution in [0.25, 0.3) is 5.52 Å². The molecule has 0 atom stereocenters. The first kappa shape index (κ1) is 18.1. The highest BCUT2D eigenvalue weighted by Crippen LogP contribution is 2.15. The van der Waals surface area contributed by atoms with Gasteiger partial charge in [0.25, 0.3) is 5.91 Å². The fourth-order valence-electron chi connectivity index (χ4n) is 2.58. The van der Waals surface area contributed by atoms with Crippen molar-refractivity contribution in [2.75, 3.05) is 20.6 Å². The summed E-state index contributed by atoms with van der Waals surface area (Å²) >= 11 is 0. The molecule has 0 aliphatic carbocycles. The van der Waals surface area contributed by atoms with Crippen molar-refractivity contribution in [2.45, 2.75) is 11.3 Å². The van der Waals surface area contributed by atoms with E-state index in [4.69, 9.17) is 0 Å². The molecule has 1 N–H and O–H groups in total. The lowest BCUT2D eigenvalue weighted by atomic mass is 10.2. The molecule has 2 aromatic heterocycles. The van der Waals surface area contributed by atoms with Gasteiger partial charge in [-0.3, -0.25) is 4.79 Å². The van der Waals surface area contributed by atoms with Gasteiger partial charge in [0.2, 0.25) is 10.0 Å². The van der Waals surface area contributed by atoms with E-state index in [1.807, 2.05) is 28.8 Å². The molecule has 1 aromatic carbocycles. The summed E-state index contributed by atoms with van der Waals surface area (Å²) in [5.41, 5.74) is 1.30. The summed E-state index contributed by atoms with van der Waals surface area (Å²) in [6.07, 6.45) is 4.28. The van der Waals surface area contributed by atoms with Gasteiger partial charge in [-0.05, 0) is 30.3 Å². The van der Waals surface area contributed by atoms with E-state index in [-0.39, 0.29) is 10.8 Å². The predicted octanol–water partition coefficient (Wildman–Crippen LogP) is 1.56. The molecule has 0 unspecified atom stereocenters. The molecule has 0 fully saturated rings. The Bertz CT molecular complexity index is 1040. The van der Waals surface area contributed by atoms with E-state index >= 15 is 0 Å². The first-order chi connectivity index (χ1) is 12.4. The second-order valence-corrected chi connectivity index (χ2v) is 8.14. The highest BCUT2D eigenvalue weighted by Gasteiger charge is 2.18. The van der Waals surface area contributed by atoms with Crippen molar-refractivity contribution >= 4 is 21.4 Å². The van der Waals surface area contributed by atoms with E-state index in [9.17, 15) is 13.2 Å². The van der Waals surface area contributed by atoms with E-state index in [1.54, 1.807) is 18.3 Å². The minimum absolute atomic E-state index is 0.0920. The molecule has 26 heavy (non-hydrogen) atoms. The molecule has 3 rings (SSSR count). The second-order valence-electron chi connectivity index (χ2n) is 5.99. The molecule has 0 aliphatic heterocycles. The third-order valence-electron chi connectivity index (χ3n) is 4.02. The van der Waals surface area contributed by atoms with Gasteiger partial charge in [0.05, 0.1) is 16.6 Å². The van der Waals surface area contributed by atoms with Crippen molar-refractivity contribution in [3.05, 3.63) is 66.2 Å². The van der Waals surface area contributed by atoms with Crippen molar-refractivity contribution < 1.29 is 13.2 Å². The van der Waals surface area contributed by atoms with E-state index < -0.39 is 10.0 Å². The van der Waals surface area contributed by atoms with Crippen LogP contribution in [-0.4, -0.2) is 48.7 Å². The van der Waals surface area contributed by atoms with Crippen LogP contribution in [0.3, 0.4) is 0 Å². The Hall–Kier alpha value is -2.71. The topological polar surface area (TPSA) is 83.8 Å². The van der Waals surface area contributed by atoms with Crippen molar-refractivity contribution in [3.63, 3.8) is 0 Å². The van der Waals surface area contributed by atoms with E-state index in [0.29, 0.717) is 18.5 Å². The Kier molecular flexibility index (Phi) is 5.06. The van der Waals surface area contributed by atoms with Crippen molar-refractivity contribution in [1.29, 1.82) is 0 Å². The number of sulfonamides is 1. The molecule has 7 nitrogen and oxygen atoms in total. The number of nitrogens with zero attached hydrogens (tertiary/aromatic N) is 3. The molecule has 2 heterocycles. The first-order valence-electron chi connectivity index (χ1n) is 8.11. The number of benzene rings is 1.